The Balaban J connectivity index is 2.14. The van der Waals surface area contributed by atoms with Gasteiger partial charge in [0.15, 0.2) is 0 Å². The third-order valence-corrected chi connectivity index (χ3v) is 3.30. The SMILES string of the molecule is CC(C)Oc1ccc(C(=O)N2C[C@@H](O)C[C@H]2C(=O)O)cc1. The summed E-state index contributed by atoms with van der Waals surface area (Å²) >= 11 is 0. The Morgan fingerprint density at radius 1 is 1.29 bits per heavy atom. The molecule has 2 N–H and O–H groups in total. The fourth-order valence-electron chi connectivity index (χ4n) is 2.39. The zero-order chi connectivity index (χ0) is 15.6. The van der Waals surface area contributed by atoms with Crippen LogP contribution in [0.3, 0.4) is 0 Å². The highest BCUT2D eigenvalue weighted by atomic mass is 16.5. The monoisotopic (exact) mass is 293 g/mol. The van der Waals surface area contributed by atoms with Crippen LogP contribution in [0, 0.1) is 0 Å². The summed E-state index contributed by atoms with van der Waals surface area (Å²) in [6, 6.07) is 5.58. The Morgan fingerprint density at radius 3 is 2.43 bits per heavy atom. The van der Waals surface area contributed by atoms with Crippen LogP contribution >= 0.6 is 0 Å². The van der Waals surface area contributed by atoms with E-state index >= 15 is 0 Å². The Labute approximate surface area is 122 Å². The van der Waals surface area contributed by atoms with Gasteiger partial charge in [0.05, 0.1) is 12.2 Å². The molecular weight excluding hydrogens is 274 g/mol. The number of rotatable bonds is 4. The predicted octanol–water partition coefficient (Wildman–Crippen LogP) is 1.13. The van der Waals surface area contributed by atoms with Crippen molar-refractivity contribution >= 4 is 11.9 Å². The number of carbonyl (C=O) groups excluding carboxylic acids is 1. The van der Waals surface area contributed by atoms with Crippen molar-refractivity contribution in [3.8, 4) is 5.75 Å². The molecular formula is C15H19NO5. The predicted molar refractivity (Wildman–Crippen MR) is 75.3 cm³/mol. The van der Waals surface area contributed by atoms with Crippen LogP contribution in [-0.4, -0.2) is 51.8 Å². The number of hydrogen-bond acceptors (Lipinski definition) is 4. The van der Waals surface area contributed by atoms with Gasteiger partial charge in [-0.1, -0.05) is 0 Å². The fraction of sp³-hybridized carbons (Fsp3) is 0.467. The van der Waals surface area contributed by atoms with Crippen LogP contribution in [0.4, 0.5) is 0 Å². The molecule has 0 aliphatic carbocycles. The van der Waals surface area contributed by atoms with Crippen molar-refractivity contribution in [2.24, 2.45) is 0 Å². The van der Waals surface area contributed by atoms with Crippen LogP contribution in [0.1, 0.15) is 30.6 Å². The van der Waals surface area contributed by atoms with Crippen LogP contribution in [0.15, 0.2) is 24.3 Å². The highest BCUT2D eigenvalue weighted by Crippen LogP contribution is 2.22. The van der Waals surface area contributed by atoms with Crippen molar-refractivity contribution in [1.82, 2.24) is 4.90 Å². The maximum atomic E-state index is 12.4. The number of carbonyl (C=O) groups is 2. The second-order valence-electron chi connectivity index (χ2n) is 5.39. The summed E-state index contributed by atoms with van der Waals surface area (Å²) in [5.41, 5.74) is 0.381. The molecule has 0 aromatic heterocycles. The molecule has 2 rings (SSSR count). The van der Waals surface area contributed by atoms with E-state index in [1.54, 1.807) is 24.3 Å². The molecule has 1 aliphatic heterocycles. The van der Waals surface area contributed by atoms with Gasteiger partial charge in [-0.25, -0.2) is 4.79 Å². The summed E-state index contributed by atoms with van der Waals surface area (Å²) in [7, 11) is 0. The third kappa shape index (κ3) is 3.52. The molecule has 6 heteroatoms. The summed E-state index contributed by atoms with van der Waals surface area (Å²) in [5, 5.41) is 18.7. The molecule has 1 aromatic carbocycles. The number of carboxylic acid groups (broad SMARTS) is 1. The number of benzene rings is 1. The number of aliphatic carboxylic acids is 1. The van der Waals surface area contributed by atoms with Crippen LogP contribution < -0.4 is 4.74 Å². The van der Waals surface area contributed by atoms with E-state index in [0.717, 1.165) is 0 Å². The molecule has 0 bridgehead atoms. The average molecular weight is 293 g/mol. The first kappa shape index (κ1) is 15.3. The lowest BCUT2D eigenvalue weighted by Gasteiger charge is -2.21. The minimum absolute atomic E-state index is 0.0386. The molecule has 1 amide bonds. The van der Waals surface area contributed by atoms with E-state index in [1.807, 2.05) is 13.8 Å². The summed E-state index contributed by atoms with van der Waals surface area (Å²) in [5.74, 6) is -0.840. The zero-order valence-corrected chi connectivity index (χ0v) is 12.0. The van der Waals surface area contributed by atoms with Gasteiger partial charge in [-0.2, -0.15) is 0 Å². The molecule has 0 spiro atoms. The number of amides is 1. The molecule has 1 heterocycles. The lowest BCUT2D eigenvalue weighted by molar-refractivity contribution is -0.141. The summed E-state index contributed by atoms with van der Waals surface area (Å²) in [6.45, 7) is 3.85. The van der Waals surface area contributed by atoms with Crippen molar-refractivity contribution in [3.05, 3.63) is 29.8 Å². The first-order valence-electron chi connectivity index (χ1n) is 6.87. The van der Waals surface area contributed by atoms with Crippen molar-refractivity contribution in [2.75, 3.05) is 6.54 Å². The lowest BCUT2D eigenvalue weighted by atomic mass is 10.1. The van der Waals surface area contributed by atoms with Crippen molar-refractivity contribution in [1.29, 1.82) is 0 Å². The van der Waals surface area contributed by atoms with Gasteiger partial charge in [-0.3, -0.25) is 4.79 Å². The fourth-order valence-corrected chi connectivity index (χ4v) is 2.39. The maximum absolute atomic E-state index is 12.4. The van der Waals surface area contributed by atoms with E-state index in [-0.39, 0.29) is 19.1 Å². The van der Waals surface area contributed by atoms with Crippen LogP contribution in [0.5, 0.6) is 5.75 Å². The Bertz CT molecular complexity index is 525. The maximum Gasteiger partial charge on any atom is 0.326 e. The molecule has 0 saturated carbocycles. The van der Waals surface area contributed by atoms with E-state index < -0.39 is 24.0 Å². The van der Waals surface area contributed by atoms with E-state index in [2.05, 4.69) is 0 Å². The average Bonchev–Trinajstić information content (AvgIpc) is 2.80. The van der Waals surface area contributed by atoms with E-state index in [0.29, 0.717) is 11.3 Å². The molecule has 114 valence electrons. The number of hydrogen-bond donors (Lipinski definition) is 2. The first-order valence-corrected chi connectivity index (χ1v) is 6.87. The number of aliphatic hydroxyl groups is 1. The lowest BCUT2D eigenvalue weighted by Crippen LogP contribution is -2.40. The number of aliphatic hydroxyl groups excluding tert-OH is 1. The minimum atomic E-state index is -1.10. The van der Waals surface area contributed by atoms with Crippen molar-refractivity contribution < 1.29 is 24.5 Å². The summed E-state index contributed by atoms with van der Waals surface area (Å²) in [6.07, 6.45) is -0.689. The molecule has 1 saturated heterocycles. The van der Waals surface area contributed by atoms with Gasteiger partial charge in [-0.05, 0) is 38.1 Å². The quantitative estimate of drug-likeness (QED) is 0.869. The van der Waals surface area contributed by atoms with Gasteiger partial charge in [0.1, 0.15) is 11.8 Å². The summed E-state index contributed by atoms with van der Waals surface area (Å²) in [4.78, 5) is 24.7. The third-order valence-electron chi connectivity index (χ3n) is 3.30. The molecule has 1 aromatic rings. The van der Waals surface area contributed by atoms with Crippen LogP contribution in [0.25, 0.3) is 0 Å². The van der Waals surface area contributed by atoms with Crippen molar-refractivity contribution in [2.45, 2.75) is 38.5 Å². The Kier molecular flexibility index (Phi) is 4.47. The standard InChI is InChI=1S/C15H19NO5/c1-9(2)21-12-5-3-10(4-6-12)14(18)16-8-11(17)7-13(16)15(19)20/h3-6,9,11,13,17H,7-8H2,1-2H3,(H,19,20)/t11-,13-/m0/s1. The largest absolute Gasteiger partial charge is 0.491 e. The molecule has 0 radical (unpaired) electrons. The van der Waals surface area contributed by atoms with Crippen LogP contribution in [0.2, 0.25) is 0 Å². The number of likely N-dealkylation sites (tertiary alicyclic amines) is 1. The highest BCUT2D eigenvalue weighted by molar-refractivity contribution is 5.97. The molecule has 2 atom stereocenters. The van der Waals surface area contributed by atoms with Gasteiger partial charge in [0.25, 0.3) is 5.91 Å². The number of nitrogens with zero attached hydrogens (tertiary/aromatic N) is 1. The Hall–Kier alpha value is -2.08. The highest BCUT2D eigenvalue weighted by Gasteiger charge is 2.39. The first-order chi connectivity index (χ1) is 9.88. The topological polar surface area (TPSA) is 87.1 Å². The molecule has 1 fully saturated rings. The normalized spacial score (nSPS) is 21.6. The number of β-amino-alcohol motifs (C(OH)–C–C–N with tert-alkyl or cyclic N) is 1. The van der Waals surface area contributed by atoms with Gasteiger partial charge in [0.2, 0.25) is 0 Å². The molecule has 0 unspecified atom stereocenters. The van der Waals surface area contributed by atoms with Crippen molar-refractivity contribution in [3.63, 3.8) is 0 Å². The van der Waals surface area contributed by atoms with Gasteiger partial charge >= 0.3 is 5.97 Å². The van der Waals surface area contributed by atoms with E-state index in [9.17, 15) is 14.7 Å². The molecule has 1 aliphatic rings. The number of ether oxygens (including phenoxy) is 1. The smallest absolute Gasteiger partial charge is 0.326 e. The van der Waals surface area contributed by atoms with Crippen LogP contribution in [-0.2, 0) is 4.79 Å². The minimum Gasteiger partial charge on any atom is -0.491 e. The van der Waals surface area contributed by atoms with Gasteiger partial charge in [0, 0.05) is 18.5 Å². The zero-order valence-electron chi connectivity index (χ0n) is 12.0. The summed E-state index contributed by atoms with van der Waals surface area (Å²) < 4.78 is 5.49. The van der Waals surface area contributed by atoms with E-state index in [4.69, 9.17) is 9.84 Å². The molecule has 21 heavy (non-hydrogen) atoms. The van der Waals surface area contributed by atoms with Gasteiger partial charge in [-0.15, -0.1) is 0 Å². The molecule has 6 nitrogen and oxygen atoms in total. The second kappa shape index (κ2) is 6.13. The van der Waals surface area contributed by atoms with Gasteiger partial charge < -0.3 is 19.8 Å². The second-order valence-corrected chi connectivity index (χ2v) is 5.39. The Morgan fingerprint density at radius 2 is 1.90 bits per heavy atom. The van der Waals surface area contributed by atoms with E-state index in [1.165, 1.54) is 4.90 Å². The number of carboxylic acids is 1.